The highest BCUT2D eigenvalue weighted by Crippen LogP contribution is 2.28. The summed E-state index contributed by atoms with van der Waals surface area (Å²) < 4.78 is 0. The first-order valence-electron chi connectivity index (χ1n) is 13.8. The van der Waals surface area contributed by atoms with Crippen LogP contribution in [0.15, 0.2) is 66.7 Å². The minimum absolute atomic E-state index is 0. The molecular formula is C32H39N5O2S. The van der Waals surface area contributed by atoms with Gasteiger partial charge < -0.3 is 25.1 Å². The fourth-order valence-corrected chi connectivity index (χ4v) is 5.89. The van der Waals surface area contributed by atoms with Gasteiger partial charge in [-0.2, -0.15) is 18.8 Å². The SMILES string of the molecule is Cc1cc(C)c(C(=O)N2CCN(c3ccccc3)[C@H](CO)C2)cc1NC1CCN(c2ccccc2C#N)CC1.S. The largest absolute Gasteiger partial charge is 0.394 e. The van der Waals surface area contributed by atoms with Crippen LogP contribution in [-0.4, -0.2) is 67.3 Å². The van der Waals surface area contributed by atoms with Crippen LogP contribution in [0.1, 0.15) is 39.9 Å². The Labute approximate surface area is 244 Å². The van der Waals surface area contributed by atoms with Crippen molar-refractivity contribution in [1.29, 1.82) is 5.26 Å². The number of para-hydroxylation sites is 2. The molecular weight excluding hydrogens is 518 g/mol. The summed E-state index contributed by atoms with van der Waals surface area (Å²) in [5.74, 6) is 0.0182. The number of benzene rings is 3. The van der Waals surface area contributed by atoms with Crippen molar-refractivity contribution in [3.8, 4) is 6.07 Å². The van der Waals surface area contributed by atoms with Gasteiger partial charge in [0.2, 0.25) is 0 Å². The number of hydrogen-bond acceptors (Lipinski definition) is 6. The van der Waals surface area contributed by atoms with E-state index >= 15 is 0 Å². The molecule has 0 spiro atoms. The van der Waals surface area contributed by atoms with Crippen LogP contribution in [-0.2, 0) is 0 Å². The Balaban J connectivity index is 0.00000370. The molecule has 7 nitrogen and oxygen atoms in total. The van der Waals surface area contributed by atoms with Crippen LogP contribution in [0.3, 0.4) is 0 Å². The molecule has 1 atom stereocenters. The summed E-state index contributed by atoms with van der Waals surface area (Å²) in [6, 6.07) is 24.5. The van der Waals surface area contributed by atoms with Crippen molar-refractivity contribution in [3.63, 3.8) is 0 Å². The zero-order chi connectivity index (χ0) is 27.4. The molecule has 0 saturated carbocycles. The molecule has 2 N–H and O–H groups in total. The van der Waals surface area contributed by atoms with E-state index in [4.69, 9.17) is 0 Å². The van der Waals surface area contributed by atoms with Gasteiger partial charge >= 0.3 is 0 Å². The number of carbonyl (C=O) groups excluding carboxylic acids is 1. The zero-order valence-electron chi connectivity index (χ0n) is 23.3. The second kappa shape index (κ2) is 13.1. The third-order valence-electron chi connectivity index (χ3n) is 8.09. The molecule has 1 amide bonds. The summed E-state index contributed by atoms with van der Waals surface area (Å²) in [4.78, 5) is 20.1. The fraction of sp³-hybridized carbons (Fsp3) is 0.375. The lowest BCUT2D eigenvalue weighted by Crippen LogP contribution is -2.56. The summed E-state index contributed by atoms with van der Waals surface area (Å²) >= 11 is 0. The lowest BCUT2D eigenvalue weighted by atomic mass is 9.99. The van der Waals surface area contributed by atoms with E-state index in [1.165, 1.54) is 0 Å². The van der Waals surface area contributed by atoms with Gasteiger partial charge in [0.05, 0.1) is 23.9 Å². The lowest BCUT2D eigenvalue weighted by molar-refractivity contribution is 0.0698. The normalized spacial score (nSPS) is 17.6. The van der Waals surface area contributed by atoms with Crippen LogP contribution >= 0.6 is 13.5 Å². The van der Waals surface area contributed by atoms with Gasteiger partial charge in [0.15, 0.2) is 0 Å². The number of anilines is 3. The van der Waals surface area contributed by atoms with Crippen molar-refractivity contribution in [1.82, 2.24) is 4.90 Å². The standard InChI is InChI=1S/C32H37N5O2.H2S/c1-23-18-24(2)30(34-26-12-14-35(15-13-26)31-11-7-6-8-25(31)20-33)19-29(23)32(39)36-16-17-37(28(21-36)22-38)27-9-4-3-5-10-27;/h3-11,18-19,26,28,34,38H,12-17,21-22H2,1-2H3;1H2/t28-;/m0./s1. The van der Waals surface area contributed by atoms with Crippen LogP contribution in [0, 0.1) is 25.2 Å². The molecule has 2 saturated heterocycles. The van der Waals surface area contributed by atoms with E-state index in [1.54, 1.807) is 0 Å². The average Bonchev–Trinajstić information content (AvgIpc) is 2.98. The molecule has 3 aromatic carbocycles. The molecule has 3 aromatic rings. The highest BCUT2D eigenvalue weighted by atomic mass is 32.1. The molecule has 5 rings (SSSR count). The molecule has 0 aliphatic carbocycles. The predicted molar refractivity (Wildman–Crippen MR) is 167 cm³/mol. The summed E-state index contributed by atoms with van der Waals surface area (Å²) in [5, 5.41) is 23.3. The summed E-state index contributed by atoms with van der Waals surface area (Å²) in [6.07, 6.45) is 1.91. The van der Waals surface area contributed by atoms with Crippen molar-refractivity contribution in [3.05, 3.63) is 89.0 Å². The quantitative estimate of drug-likeness (QED) is 0.458. The number of nitrogens with zero attached hydrogens (tertiary/aromatic N) is 4. The van der Waals surface area contributed by atoms with Crippen LogP contribution < -0.4 is 15.1 Å². The molecule has 2 aliphatic heterocycles. The van der Waals surface area contributed by atoms with Crippen LogP contribution in [0.5, 0.6) is 0 Å². The van der Waals surface area contributed by atoms with E-state index in [0.717, 1.165) is 59.7 Å². The Bertz CT molecular complexity index is 1350. The Morgan fingerprint density at radius 3 is 2.38 bits per heavy atom. The minimum atomic E-state index is -0.134. The summed E-state index contributed by atoms with van der Waals surface area (Å²) in [6.45, 7) is 7.62. The van der Waals surface area contributed by atoms with Crippen LogP contribution in [0.4, 0.5) is 17.1 Å². The molecule has 40 heavy (non-hydrogen) atoms. The van der Waals surface area contributed by atoms with Crippen LogP contribution in [0.25, 0.3) is 0 Å². The molecule has 210 valence electrons. The Kier molecular flexibility index (Phi) is 9.62. The summed E-state index contributed by atoms with van der Waals surface area (Å²) in [5.41, 5.74) is 6.61. The van der Waals surface area contributed by atoms with E-state index in [1.807, 2.05) is 60.4 Å². The first-order valence-corrected chi connectivity index (χ1v) is 13.8. The topological polar surface area (TPSA) is 82.8 Å². The number of amides is 1. The number of hydrogen-bond donors (Lipinski definition) is 2. The number of rotatable bonds is 6. The average molecular weight is 558 g/mol. The van der Waals surface area contributed by atoms with Crippen molar-refractivity contribution < 1.29 is 9.90 Å². The third-order valence-corrected chi connectivity index (χ3v) is 8.09. The van der Waals surface area contributed by atoms with Gasteiger partial charge in [-0.3, -0.25) is 4.79 Å². The zero-order valence-corrected chi connectivity index (χ0v) is 24.3. The number of piperazine rings is 1. The number of aliphatic hydroxyl groups excluding tert-OH is 1. The minimum Gasteiger partial charge on any atom is -0.394 e. The second-order valence-corrected chi connectivity index (χ2v) is 10.6. The van der Waals surface area contributed by atoms with Gasteiger partial charge in [-0.05, 0) is 68.1 Å². The molecule has 0 radical (unpaired) electrons. The molecule has 0 aromatic heterocycles. The molecule has 2 heterocycles. The number of nitriles is 1. The Morgan fingerprint density at radius 2 is 1.68 bits per heavy atom. The summed E-state index contributed by atoms with van der Waals surface area (Å²) in [7, 11) is 0. The molecule has 2 aliphatic rings. The number of aryl methyl sites for hydroxylation is 2. The smallest absolute Gasteiger partial charge is 0.254 e. The Morgan fingerprint density at radius 1 is 0.975 bits per heavy atom. The van der Waals surface area contributed by atoms with Gasteiger partial charge in [0, 0.05) is 55.7 Å². The van der Waals surface area contributed by atoms with Gasteiger partial charge in [-0.25, -0.2) is 0 Å². The van der Waals surface area contributed by atoms with E-state index in [-0.39, 0.29) is 32.1 Å². The van der Waals surface area contributed by atoms with Crippen LogP contribution in [0.2, 0.25) is 0 Å². The third kappa shape index (κ3) is 6.22. The number of carbonyl (C=O) groups is 1. The maximum atomic E-state index is 13.7. The van der Waals surface area contributed by atoms with E-state index in [2.05, 4.69) is 46.3 Å². The fourth-order valence-electron chi connectivity index (χ4n) is 5.89. The van der Waals surface area contributed by atoms with Gasteiger partial charge in [0.25, 0.3) is 5.91 Å². The van der Waals surface area contributed by atoms with Gasteiger partial charge in [-0.1, -0.05) is 36.4 Å². The molecule has 2 fully saturated rings. The highest BCUT2D eigenvalue weighted by molar-refractivity contribution is 7.59. The maximum Gasteiger partial charge on any atom is 0.254 e. The van der Waals surface area contributed by atoms with Gasteiger partial charge in [-0.15, -0.1) is 0 Å². The monoisotopic (exact) mass is 557 g/mol. The van der Waals surface area contributed by atoms with Crippen molar-refractivity contribution in [2.24, 2.45) is 0 Å². The molecule has 0 unspecified atom stereocenters. The number of aliphatic hydroxyl groups is 1. The maximum absolute atomic E-state index is 13.7. The predicted octanol–water partition coefficient (Wildman–Crippen LogP) is 4.69. The molecule has 0 bridgehead atoms. The van der Waals surface area contributed by atoms with E-state index in [9.17, 15) is 15.2 Å². The highest BCUT2D eigenvalue weighted by Gasteiger charge is 2.31. The van der Waals surface area contributed by atoms with Crippen molar-refractivity contribution in [2.75, 3.05) is 54.4 Å². The second-order valence-electron chi connectivity index (χ2n) is 10.6. The van der Waals surface area contributed by atoms with E-state index < -0.39 is 0 Å². The van der Waals surface area contributed by atoms with Crippen molar-refractivity contribution >= 4 is 36.5 Å². The number of piperidine rings is 1. The van der Waals surface area contributed by atoms with Crippen molar-refractivity contribution in [2.45, 2.75) is 38.8 Å². The number of nitrogens with one attached hydrogen (secondary N) is 1. The lowest BCUT2D eigenvalue weighted by Gasteiger charge is -2.42. The first kappa shape index (κ1) is 29.3. The molecule has 8 heteroatoms. The van der Waals surface area contributed by atoms with Gasteiger partial charge in [0.1, 0.15) is 6.07 Å². The van der Waals surface area contributed by atoms with E-state index in [0.29, 0.717) is 31.2 Å². The Hall–Kier alpha value is -3.67. The first-order chi connectivity index (χ1) is 19.0.